The number of furan rings is 1. The van der Waals surface area contributed by atoms with Gasteiger partial charge in [-0.3, -0.25) is 4.79 Å². The van der Waals surface area contributed by atoms with Crippen molar-refractivity contribution in [3.05, 3.63) is 23.7 Å². The Hall–Kier alpha value is -1.60. The zero-order chi connectivity index (χ0) is 15.7. The number of hydrogen-bond acceptors (Lipinski definition) is 2. The van der Waals surface area contributed by atoms with Crippen LogP contribution in [0.15, 0.2) is 16.5 Å². The van der Waals surface area contributed by atoms with Crippen molar-refractivity contribution in [2.45, 2.75) is 45.5 Å². The lowest BCUT2D eigenvalue weighted by Gasteiger charge is -2.30. The summed E-state index contributed by atoms with van der Waals surface area (Å²) in [4.78, 5) is 11.9. The summed E-state index contributed by atoms with van der Waals surface area (Å²) in [6.45, 7) is 3.84. The summed E-state index contributed by atoms with van der Waals surface area (Å²) in [5.74, 6) is -7.09. The highest BCUT2D eigenvalue weighted by Crippen LogP contribution is 2.37. The van der Waals surface area contributed by atoms with Crippen molar-refractivity contribution in [1.29, 1.82) is 0 Å². The van der Waals surface area contributed by atoms with Gasteiger partial charge in [-0.2, -0.15) is 22.0 Å². The number of carbonyl (C=O) groups excluding carboxylic acids is 1. The minimum Gasteiger partial charge on any atom is -0.464 e. The van der Waals surface area contributed by atoms with E-state index in [4.69, 9.17) is 4.42 Å². The fourth-order valence-corrected chi connectivity index (χ4v) is 1.53. The van der Waals surface area contributed by atoms with Crippen molar-refractivity contribution in [1.82, 2.24) is 4.90 Å². The second-order valence-corrected chi connectivity index (χ2v) is 4.61. The molecule has 0 unspecified atom stereocenters. The molecule has 0 atom stereocenters. The van der Waals surface area contributed by atoms with Crippen molar-refractivity contribution in [2.24, 2.45) is 0 Å². The molecule has 0 aliphatic heterocycles. The summed E-state index contributed by atoms with van der Waals surface area (Å²) in [6.07, 6.45) is -5.92. The standard InChI is InChI=1S/C12H14F5NO2/c1-7(2)18(6-9-5-4-8(3)20-9)10(19)11(13,14)12(15,16)17/h4-5,7H,6H2,1-3H3. The van der Waals surface area contributed by atoms with E-state index in [2.05, 4.69) is 0 Å². The number of amides is 1. The molecule has 0 saturated carbocycles. The van der Waals surface area contributed by atoms with E-state index in [1.165, 1.54) is 26.0 Å². The highest BCUT2D eigenvalue weighted by Gasteiger charge is 2.64. The molecule has 0 fully saturated rings. The summed E-state index contributed by atoms with van der Waals surface area (Å²) >= 11 is 0. The van der Waals surface area contributed by atoms with E-state index in [-0.39, 0.29) is 5.76 Å². The van der Waals surface area contributed by atoms with Gasteiger partial charge < -0.3 is 9.32 Å². The number of alkyl halides is 5. The Balaban J connectivity index is 3.00. The lowest BCUT2D eigenvalue weighted by molar-refractivity contribution is -0.275. The van der Waals surface area contributed by atoms with Gasteiger partial charge in [-0.25, -0.2) is 0 Å². The first kappa shape index (κ1) is 16.5. The van der Waals surface area contributed by atoms with Crippen LogP contribution in [0.3, 0.4) is 0 Å². The first-order valence-electron chi connectivity index (χ1n) is 5.77. The van der Waals surface area contributed by atoms with Crippen molar-refractivity contribution < 1.29 is 31.2 Å². The Labute approximate surface area is 112 Å². The first-order chi connectivity index (χ1) is 8.96. The van der Waals surface area contributed by atoms with Gasteiger partial charge in [0.1, 0.15) is 11.5 Å². The van der Waals surface area contributed by atoms with E-state index >= 15 is 0 Å². The van der Waals surface area contributed by atoms with Crippen LogP contribution >= 0.6 is 0 Å². The maximum atomic E-state index is 13.1. The molecule has 0 radical (unpaired) electrons. The van der Waals surface area contributed by atoms with Crippen LogP contribution in [0, 0.1) is 6.92 Å². The Bertz CT molecular complexity index is 478. The molecule has 0 aromatic carbocycles. The molecule has 1 amide bonds. The van der Waals surface area contributed by atoms with Crippen LogP contribution in [0.2, 0.25) is 0 Å². The number of hydrogen-bond donors (Lipinski definition) is 0. The molecule has 8 heteroatoms. The molecule has 1 heterocycles. The molecule has 1 aromatic rings. The topological polar surface area (TPSA) is 33.5 Å². The van der Waals surface area contributed by atoms with Gasteiger partial charge in [0.05, 0.1) is 6.54 Å². The maximum absolute atomic E-state index is 13.1. The average molecular weight is 299 g/mol. The van der Waals surface area contributed by atoms with Gasteiger partial charge >= 0.3 is 18.0 Å². The molecule has 0 spiro atoms. The highest BCUT2D eigenvalue weighted by atomic mass is 19.4. The first-order valence-corrected chi connectivity index (χ1v) is 5.77. The third-order valence-electron chi connectivity index (χ3n) is 2.63. The molecule has 0 N–H and O–H groups in total. The molecule has 1 rings (SSSR count). The monoisotopic (exact) mass is 299 g/mol. The van der Waals surface area contributed by atoms with Crippen molar-refractivity contribution in [3.63, 3.8) is 0 Å². The Kier molecular flexibility index (Phi) is 4.45. The van der Waals surface area contributed by atoms with Crippen molar-refractivity contribution in [2.75, 3.05) is 0 Å². The van der Waals surface area contributed by atoms with Crippen LogP contribution in [-0.2, 0) is 11.3 Å². The lowest BCUT2D eigenvalue weighted by atomic mass is 10.2. The van der Waals surface area contributed by atoms with Crippen LogP contribution in [0.5, 0.6) is 0 Å². The Morgan fingerprint density at radius 3 is 2.15 bits per heavy atom. The minimum atomic E-state index is -5.92. The highest BCUT2D eigenvalue weighted by molar-refractivity contribution is 5.84. The van der Waals surface area contributed by atoms with Crippen LogP contribution in [0.1, 0.15) is 25.4 Å². The van der Waals surface area contributed by atoms with Crippen molar-refractivity contribution >= 4 is 5.91 Å². The molecule has 20 heavy (non-hydrogen) atoms. The van der Waals surface area contributed by atoms with Crippen LogP contribution in [0.4, 0.5) is 22.0 Å². The molecule has 1 aromatic heterocycles. The summed E-state index contributed by atoms with van der Waals surface area (Å²) in [6, 6.07) is 2.12. The zero-order valence-electron chi connectivity index (χ0n) is 11.1. The van der Waals surface area contributed by atoms with Gasteiger partial charge in [-0.15, -0.1) is 0 Å². The van der Waals surface area contributed by atoms with Crippen LogP contribution in [0.25, 0.3) is 0 Å². The second kappa shape index (κ2) is 5.41. The SMILES string of the molecule is Cc1ccc(CN(C(=O)C(F)(F)C(F)(F)F)C(C)C)o1. The van der Waals surface area contributed by atoms with Gasteiger partial charge in [-0.05, 0) is 32.9 Å². The summed E-state index contributed by atoms with van der Waals surface area (Å²) in [5.41, 5.74) is 0. The Morgan fingerprint density at radius 1 is 1.25 bits per heavy atom. The molecule has 3 nitrogen and oxygen atoms in total. The predicted octanol–water partition coefficient (Wildman–Crippen LogP) is 3.52. The van der Waals surface area contributed by atoms with Crippen LogP contribution in [-0.4, -0.2) is 28.9 Å². The summed E-state index contributed by atoms with van der Waals surface area (Å²) < 4.78 is 68.0. The zero-order valence-corrected chi connectivity index (χ0v) is 11.1. The third-order valence-corrected chi connectivity index (χ3v) is 2.63. The van der Waals surface area contributed by atoms with E-state index in [1.54, 1.807) is 6.92 Å². The molecular formula is C12H14F5NO2. The molecule has 0 aliphatic carbocycles. The van der Waals surface area contributed by atoms with Gasteiger partial charge in [0.25, 0.3) is 0 Å². The molecule has 0 bridgehead atoms. The normalized spacial score (nSPS) is 12.8. The number of halogens is 5. The fraction of sp³-hybridized carbons (Fsp3) is 0.583. The Morgan fingerprint density at radius 2 is 1.80 bits per heavy atom. The van der Waals surface area contributed by atoms with E-state index in [9.17, 15) is 26.7 Å². The van der Waals surface area contributed by atoms with E-state index in [1.807, 2.05) is 0 Å². The van der Waals surface area contributed by atoms with E-state index in [0.717, 1.165) is 0 Å². The van der Waals surface area contributed by atoms with Crippen molar-refractivity contribution in [3.8, 4) is 0 Å². The molecular weight excluding hydrogens is 285 g/mol. The quantitative estimate of drug-likeness (QED) is 0.797. The number of nitrogens with zero attached hydrogens (tertiary/aromatic N) is 1. The van der Waals surface area contributed by atoms with Gasteiger partial charge in [0.15, 0.2) is 0 Å². The predicted molar refractivity (Wildman–Crippen MR) is 60.1 cm³/mol. The second-order valence-electron chi connectivity index (χ2n) is 4.61. The van der Waals surface area contributed by atoms with E-state index in [0.29, 0.717) is 10.7 Å². The number of aryl methyl sites for hydroxylation is 1. The third kappa shape index (κ3) is 3.29. The number of carbonyl (C=O) groups is 1. The summed E-state index contributed by atoms with van der Waals surface area (Å²) in [5, 5.41) is 0. The van der Waals surface area contributed by atoms with E-state index < -0.39 is 30.6 Å². The average Bonchev–Trinajstić information content (AvgIpc) is 2.69. The van der Waals surface area contributed by atoms with Crippen LogP contribution < -0.4 is 0 Å². The maximum Gasteiger partial charge on any atom is 0.463 e. The summed E-state index contributed by atoms with van der Waals surface area (Å²) in [7, 11) is 0. The van der Waals surface area contributed by atoms with Gasteiger partial charge in [0, 0.05) is 6.04 Å². The molecule has 114 valence electrons. The lowest BCUT2D eigenvalue weighted by Crippen LogP contribution is -2.53. The fourth-order valence-electron chi connectivity index (χ4n) is 1.53. The minimum absolute atomic E-state index is 0.141. The molecule has 0 saturated heterocycles. The van der Waals surface area contributed by atoms with Gasteiger partial charge in [-0.1, -0.05) is 0 Å². The van der Waals surface area contributed by atoms with Gasteiger partial charge in [0.2, 0.25) is 0 Å². The largest absolute Gasteiger partial charge is 0.464 e. The number of rotatable bonds is 4. The smallest absolute Gasteiger partial charge is 0.463 e. The molecule has 0 aliphatic rings.